The van der Waals surface area contributed by atoms with Gasteiger partial charge >= 0.3 is 12.2 Å². The zero-order valence-electron chi connectivity index (χ0n) is 16.4. The lowest BCUT2D eigenvalue weighted by atomic mass is 9.92. The van der Waals surface area contributed by atoms with Crippen LogP contribution in [0.4, 0.5) is 19.2 Å². The van der Waals surface area contributed by atoms with Crippen LogP contribution in [-0.4, -0.2) is 53.8 Å². The predicted octanol–water partition coefficient (Wildman–Crippen LogP) is 2.07. The van der Waals surface area contributed by atoms with Crippen molar-refractivity contribution in [3.63, 3.8) is 0 Å². The third-order valence-corrected chi connectivity index (χ3v) is 7.15. The van der Waals surface area contributed by atoms with Crippen LogP contribution in [-0.2, 0) is 16.0 Å². The van der Waals surface area contributed by atoms with Crippen LogP contribution in [0.2, 0.25) is 0 Å². The van der Waals surface area contributed by atoms with Crippen molar-refractivity contribution < 1.29 is 30.8 Å². The van der Waals surface area contributed by atoms with Gasteiger partial charge in [0.1, 0.15) is 6.10 Å². The quantitative estimate of drug-likeness (QED) is 0.680. The molecule has 1 aliphatic rings. The first-order chi connectivity index (χ1) is 13.9. The van der Waals surface area contributed by atoms with Crippen LogP contribution in [0.5, 0.6) is 5.19 Å². The molecule has 0 saturated carbocycles. The average Bonchev–Trinajstić information content (AvgIpc) is 3.27. The van der Waals surface area contributed by atoms with Gasteiger partial charge in [0.05, 0.1) is 0 Å². The maximum atomic E-state index is 12.6. The molecule has 0 spiro atoms. The van der Waals surface area contributed by atoms with E-state index in [1.165, 1.54) is 6.92 Å². The minimum atomic E-state index is -4.65. The fourth-order valence-electron chi connectivity index (χ4n) is 3.03. The minimum absolute atomic E-state index is 0.0400. The van der Waals surface area contributed by atoms with E-state index in [4.69, 9.17) is 14.7 Å². The first-order valence-electron chi connectivity index (χ1n) is 9.02. The molecule has 2 atom stereocenters. The molecule has 1 fully saturated rings. The smallest absolute Gasteiger partial charge is 0.455 e. The Kier molecular flexibility index (Phi) is 6.13. The lowest BCUT2D eigenvalue weighted by Gasteiger charge is -2.33. The van der Waals surface area contributed by atoms with Crippen molar-refractivity contribution in [2.45, 2.75) is 44.3 Å². The van der Waals surface area contributed by atoms with Crippen LogP contribution >= 0.6 is 11.3 Å². The van der Waals surface area contributed by atoms with Gasteiger partial charge in [-0.05, 0) is 49.1 Å². The van der Waals surface area contributed by atoms with E-state index in [2.05, 4.69) is 15.2 Å². The molecular formula is C15H21F3N6O4S2. The zero-order valence-corrected chi connectivity index (χ0v) is 18.0. The van der Waals surface area contributed by atoms with Crippen LogP contribution in [0.3, 0.4) is 0 Å². The maximum Gasteiger partial charge on any atom is 0.455 e. The summed E-state index contributed by atoms with van der Waals surface area (Å²) < 4.78 is 72.9. The molecular weight excluding hydrogens is 449 g/mol. The molecule has 10 nitrogen and oxygen atoms in total. The van der Waals surface area contributed by atoms with Crippen molar-refractivity contribution in [2.24, 2.45) is 5.92 Å². The second-order valence-corrected chi connectivity index (χ2v) is 10.4. The number of alkyl halides is 3. The normalized spacial score (nSPS) is 18.4. The van der Waals surface area contributed by atoms with Crippen LogP contribution in [0.15, 0.2) is 4.52 Å². The number of piperidine rings is 1. The molecule has 2 unspecified atom stereocenters. The summed E-state index contributed by atoms with van der Waals surface area (Å²) in [5.74, 6) is -1.21. The highest BCUT2D eigenvalue weighted by atomic mass is 32.2. The number of sulfone groups is 1. The molecule has 0 amide bonds. The van der Waals surface area contributed by atoms with Crippen molar-refractivity contribution in [2.75, 3.05) is 24.2 Å². The largest absolute Gasteiger partial charge is 0.466 e. The lowest BCUT2D eigenvalue weighted by molar-refractivity contribution is -0.146. The first-order valence-corrected chi connectivity index (χ1v) is 11.8. The SMILES string of the molecule is CC(Oc1nn(C(C)S(C)(=O)=O)c(=N)s1)C1CCN(c2nc(C(F)(F)F)no2)CC1. The zero-order chi connectivity index (χ0) is 22.3. The molecule has 0 aliphatic carbocycles. The van der Waals surface area contributed by atoms with Gasteiger partial charge in [0.15, 0.2) is 15.2 Å². The Bertz CT molecular complexity index is 1040. The van der Waals surface area contributed by atoms with E-state index in [0.717, 1.165) is 22.3 Å². The predicted molar refractivity (Wildman–Crippen MR) is 99.8 cm³/mol. The summed E-state index contributed by atoms with van der Waals surface area (Å²) in [7, 11) is -3.42. The van der Waals surface area contributed by atoms with Crippen molar-refractivity contribution >= 4 is 27.2 Å². The molecule has 1 N–H and O–H groups in total. The number of ether oxygens (including phenoxy) is 1. The molecule has 1 saturated heterocycles. The van der Waals surface area contributed by atoms with E-state index in [1.54, 1.807) is 4.90 Å². The summed E-state index contributed by atoms with van der Waals surface area (Å²) in [5.41, 5.74) is 0. The van der Waals surface area contributed by atoms with E-state index in [9.17, 15) is 21.6 Å². The molecule has 3 rings (SSSR count). The summed E-state index contributed by atoms with van der Waals surface area (Å²) in [6.45, 7) is 4.12. The number of aromatic nitrogens is 4. The molecule has 0 aromatic carbocycles. The molecule has 0 radical (unpaired) electrons. The second-order valence-electron chi connectivity index (χ2n) is 7.09. The van der Waals surface area contributed by atoms with E-state index < -0.39 is 27.2 Å². The fraction of sp³-hybridized carbons (Fsp3) is 0.733. The third-order valence-electron chi connectivity index (χ3n) is 4.98. The second kappa shape index (κ2) is 8.17. The highest BCUT2D eigenvalue weighted by molar-refractivity contribution is 7.90. The van der Waals surface area contributed by atoms with Crippen molar-refractivity contribution in [1.29, 1.82) is 5.41 Å². The van der Waals surface area contributed by atoms with E-state index in [-0.39, 0.29) is 28.0 Å². The summed E-state index contributed by atoms with van der Waals surface area (Å²) in [5, 5.41) is 14.2. The third kappa shape index (κ3) is 4.94. The Morgan fingerprint density at radius 2 is 1.93 bits per heavy atom. The van der Waals surface area contributed by atoms with Gasteiger partial charge in [0.25, 0.3) is 11.0 Å². The van der Waals surface area contributed by atoms with E-state index in [1.807, 2.05) is 6.92 Å². The molecule has 15 heteroatoms. The van der Waals surface area contributed by atoms with Crippen molar-refractivity contribution in [3.8, 4) is 5.19 Å². The maximum absolute atomic E-state index is 12.6. The summed E-state index contributed by atoms with van der Waals surface area (Å²) in [6, 6.07) is -0.163. The van der Waals surface area contributed by atoms with Gasteiger partial charge in [0.2, 0.25) is 4.80 Å². The van der Waals surface area contributed by atoms with Crippen LogP contribution in [0.1, 0.15) is 37.9 Å². The number of nitrogens with one attached hydrogen (secondary N) is 1. The molecule has 0 bridgehead atoms. The van der Waals surface area contributed by atoms with Crippen LogP contribution in [0.25, 0.3) is 0 Å². The highest BCUT2D eigenvalue weighted by Crippen LogP contribution is 2.31. The van der Waals surface area contributed by atoms with Crippen molar-refractivity contribution in [3.05, 3.63) is 10.6 Å². The molecule has 168 valence electrons. The van der Waals surface area contributed by atoms with Crippen LogP contribution < -0.4 is 14.4 Å². The summed E-state index contributed by atoms with van der Waals surface area (Å²) in [4.78, 5) is 4.96. The van der Waals surface area contributed by atoms with Crippen LogP contribution in [0, 0.1) is 11.3 Å². The molecule has 2 aromatic rings. The number of halogens is 3. The number of rotatable bonds is 6. The van der Waals surface area contributed by atoms with Gasteiger partial charge < -0.3 is 14.2 Å². The van der Waals surface area contributed by atoms with E-state index in [0.29, 0.717) is 25.9 Å². The molecule has 2 aromatic heterocycles. The highest BCUT2D eigenvalue weighted by Gasteiger charge is 2.38. The van der Waals surface area contributed by atoms with Crippen molar-refractivity contribution in [1.82, 2.24) is 19.9 Å². The van der Waals surface area contributed by atoms with Gasteiger partial charge in [-0.3, -0.25) is 5.41 Å². The van der Waals surface area contributed by atoms with Gasteiger partial charge in [0, 0.05) is 19.3 Å². The summed E-state index contributed by atoms with van der Waals surface area (Å²) in [6.07, 6.45) is -2.64. The van der Waals surface area contributed by atoms with Gasteiger partial charge in [-0.2, -0.15) is 18.2 Å². The molecule has 3 heterocycles. The van der Waals surface area contributed by atoms with Gasteiger partial charge in [-0.15, -0.1) is 5.10 Å². The molecule has 30 heavy (non-hydrogen) atoms. The van der Waals surface area contributed by atoms with Gasteiger partial charge in [-0.1, -0.05) is 0 Å². The van der Waals surface area contributed by atoms with E-state index >= 15 is 0 Å². The number of nitrogens with zero attached hydrogens (tertiary/aromatic N) is 5. The van der Waals surface area contributed by atoms with Gasteiger partial charge in [-0.25, -0.2) is 13.1 Å². The lowest BCUT2D eigenvalue weighted by Crippen LogP contribution is -2.39. The monoisotopic (exact) mass is 470 g/mol. The first kappa shape index (κ1) is 22.5. The Morgan fingerprint density at radius 1 is 1.30 bits per heavy atom. The topological polar surface area (TPSA) is 127 Å². The number of anilines is 1. The fourth-order valence-corrected chi connectivity index (χ4v) is 4.40. The standard InChI is InChI=1S/C15H21F3N6O4S2/c1-8(27-14-21-24(12(19)29-14)9(2)30(3,25)26)10-4-6-23(7-5-10)13-20-11(22-28-13)15(16,17)18/h8-10,19H,4-7H2,1-3H3. The minimum Gasteiger partial charge on any atom is -0.466 e. The Hall–Kier alpha value is -2.16. The number of hydrogen-bond acceptors (Lipinski definition) is 10. The Balaban J connectivity index is 1.59. The Labute approximate surface area is 174 Å². The number of hydrogen-bond donors (Lipinski definition) is 1. The summed E-state index contributed by atoms with van der Waals surface area (Å²) >= 11 is 0.935. The Morgan fingerprint density at radius 3 is 2.47 bits per heavy atom. The average molecular weight is 470 g/mol. The molecule has 1 aliphatic heterocycles.